The maximum atomic E-state index is 12.6. The average molecular weight is 467 g/mol. The first-order valence-electron chi connectivity index (χ1n) is 11.9. The van der Waals surface area contributed by atoms with Crippen molar-refractivity contribution in [3.05, 3.63) is 59.7 Å². The Morgan fingerprint density at radius 3 is 2.12 bits per heavy atom. The second-order valence-corrected chi connectivity index (χ2v) is 10.3. The third-order valence-electron chi connectivity index (χ3n) is 6.76. The SMILES string of the molecule is CC(C)(C)OC(=O)N1CCC(CO)(CNC(=O)OCC2c3ccccc3-c3ccccc32)CC1. The number of piperidine rings is 1. The zero-order valence-corrected chi connectivity index (χ0v) is 20.2. The van der Waals surface area contributed by atoms with E-state index in [9.17, 15) is 14.7 Å². The van der Waals surface area contributed by atoms with Crippen LogP contribution in [0.3, 0.4) is 0 Å². The van der Waals surface area contributed by atoms with Crippen molar-refractivity contribution in [1.29, 1.82) is 0 Å². The zero-order chi connectivity index (χ0) is 24.3. The Balaban J connectivity index is 1.30. The predicted octanol–water partition coefficient (Wildman–Crippen LogP) is 4.53. The van der Waals surface area contributed by atoms with E-state index >= 15 is 0 Å². The number of nitrogens with one attached hydrogen (secondary N) is 1. The molecule has 1 aliphatic heterocycles. The summed E-state index contributed by atoms with van der Waals surface area (Å²) in [5.41, 5.74) is 3.67. The highest BCUT2D eigenvalue weighted by Crippen LogP contribution is 2.44. The molecule has 0 unspecified atom stereocenters. The highest BCUT2D eigenvalue weighted by Gasteiger charge is 2.37. The summed E-state index contributed by atoms with van der Waals surface area (Å²) in [5, 5.41) is 12.9. The van der Waals surface area contributed by atoms with E-state index < -0.39 is 17.1 Å². The summed E-state index contributed by atoms with van der Waals surface area (Å²) in [5.74, 6) is 0.00187. The number of carbonyl (C=O) groups is 2. The van der Waals surface area contributed by atoms with Crippen molar-refractivity contribution in [3.8, 4) is 11.1 Å². The lowest BCUT2D eigenvalue weighted by molar-refractivity contribution is -0.000283. The van der Waals surface area contributed by atoms with Crippen molar-refractivity contribution in [2.24, 2.45) is 5.41 Å². The number of ether oxygens (including phenoxy) is 2. The standard InChI is InChI=1S/C27H34N2O5/c1-26(2,3)34-25(32)29-14-12-27(18-30,13-15-29)17-28-24(31)33-16-23-21-10-6-4-8-19(21)20-9-5-7-11-22(20)23/h4-11,23,30H,12-18H2,1-3H3,(H,28,31). The summed E-state index contributed by atoms with van der Waals surface area (Å²) >= 11 is 0. The van der Waals surface area contributed by atoms with Gasteiger partial charge >= 0.3 is 12.2 Å². The van der Waals surface area contributed by atoms with Gasteiger partial charge in [0.1, 0.15) is 12.2 Å². The second kappa shape index (κ2) is 9.66. The fourth-order valence-electron chi connectivity index (χ4n) is 4.79. The molecule has 1 fully saturated rings. The summed E-state index contributed by atoms with van der Waals surface area (Å²) in [6, 6.07) is 16.4. The molecule has 0 spiro atoms. The molecule has 2 amide bonds. The molecule has 4 rings (SSSR count). The van der Waals surface area contributed by atoms with E-state index in [4.69, 9.17) is 9.47 Å². The van der Waals surface area contributed by atoms with Crippen LogP contribution in [0.25, 0.3) is 11.1 Å². The van der Waals surface area contributed by atoms with Crippen LogP contribution in [0.5, 0.6) is 0 Å². The summed E-state index contributed by atoms with van der Waals surface area (Å²) in [6.07, 6.45) is 0.312. The van der Waals surface area contributed by atoms with Gasteiger partial charge < -0.3 is 24.8 Å². The number of rotatable bonds is 5. The third-order valence-corrected chi connectivity index (χ3v) is 6.76. The quantitative estimate of drug-likeness (QED) is 0.676. The Hall–Kier alpha value is -3.06. The zero-order valence-electron chi connectivity index (χ0n) is 20.2. The van der Waals surface area contributed by atoms with Crippen LogP contribution in [0.2, 0.25) is 0 Å². The number of carbonyl (C=O) groups excluding carboxylic acids is 2. The summed E-state index contributed by atoms with van der Waals surface area (Å²) < 4.78 is 11.1. The maximum absolute atomic E-state index is 12.6. The molecule has 0 aromatic heterocycles. The highest BCUT2D eigenvalue weighted by atomic mass is 16.6. The molecular weight excluding hydrogens is 432 g/mol. The van der Waals surface area contributed by atoms with E-state index in [1.54, 1.807) is 4.90 Å². The van der Waals surface area contributed by atoms with Gasteiger partial charge in [0.2, 0.25) is 0 Å². The van der Waals surface area contributed by atoms with E-state index in [1.807, 2.05) is 45.0 Å². The van der Waals surface area contributed by atoms with Crippen LogP contribution >= 0.6 is 0 Å². The number of fused-ring (bicyclic) bond motifs is 3. The smallest absolute Gasteiger partial charge is 0.410 e. The minimum atomic E-state index is -0.547. The number of aliphatic hydroxyl groups is 1. The number of aliphatic hydroxyl groups excluding tert-OH is 1. The fourth-order valence-corrected chi connectivity index (χ4v) is 4.79. The Kier molecular flexibility index (Phi) is 6.84. The van der Waals surface area contributed by atoms with Crippen molar-refractivity contribution < 1.29 is 24.2 Å². The van der Waals surface area contributed by atoms with Gasteiger partial charge in [0.15, 0.2) is 0 Å². The van der Waals surface area contributed by atoms with Crippen molar-refractivity contribution in [2.75, 3.05) is 32.8 Å². The van der Waals surface area contributed by atoms with Crippen molar-refractivity contribution in [2.45, 2.75) is 45.1 Å². The van der Waals surface area contributed by atoms with Crippen molar-refractivity contribution in [1.82, 2.24) is 10.2 Å². The van der Waals surface area contributed by atoms with Gasteiger partial charge in [0, 0.05) is 31.0 Å². The fraction of sp³-hybridized carbons (Fsp3) is 0.481. The van der Waals surface area contributed by atoms with E-state index in [0.717, 1.165) is 11.1 Å². The van der Waals surface area contributed by atoms with E-state index in [-0.39, 0.29) is 25.2 Å². The highest BCUT2D eigenvalue weighted by molar-refractivity contribution is 5.79. The molecule has 0 atom stereocenters. The minimum absolute atomic E-state index is 0.00187. The van der Waals surface area contributed by atoms with Crippen molar-refractivity contribution >= 4 is 12.2 Å². The number of hydrogen-bond acceptors (Lipinski definition) is 5. The monoisotopic (exact) mass is 466 g/mol. The Bertz CT molecular complexity index is 992. The number of benzene rings is 2. The van der Waals surface area contributed by atoms with Crippen LogP contribution in [-0.4, -0.2) is 60.6 Å². The summed E-state index contributed by atoms with van der Waals surface area (Å²) in [6.45, 7) is 6.94. The molecule has 7 nitrogen and oxygen atoms in total. The van der Waals surface area contributed by atoms with Gasteiger partial charge in [-0.2, -0.15) is 0 Å². The molecular formula is C27H34N2O5. The van der Waals surface area contributed by atoms with Crippen LogP contribution in [0.15, 0.2) is 48.5 Å². The second-order valence-electron chi connectivity index (χ2n) is 10.3. The van der Waals surface area contributed by atoms with Crippen LogP contribution in [0, 0.1) is 5.41 Å². The van der Waals surface area contributed by atoms with Gasteiger partial charge in [-0.05, 0) is 55.9 Å². The lowest BCUT2D eigenvalue weighted by Gasteiger charge is -2.40. The number of amides is 2. The lowest BCUT2D eigenvalue weighted by Crippen LogP contribution is -2.50. The van der Waals surface area contributed by atoms with E-state index in [0.29, 0.717) is 32.5 Å². The molecule has 1 aliphatic carbocycles. The molecule has 1 saturated heterocycles. The number of alkyl carbamates (subject to hydrolysis) is 1. The molecule has 2 aromatic carbocycles. The summed E-state index contributed by atoms with van der Waals surface area (Å²) in [7, 11) is 0. The van der Waals surface area contributed by atoms with Gasteiger partial charge in [-0.3, -0.25) is 0 Å². The summed E-state index contributed by atoms with van der Waals surface area (Å²) in [4.78, 5) is 26.5. The first kappa shape index (κ1) is 24.1. The molecule has 2 aliphatic rings. The molecule has 7 heteroatoms. The first-order chi connectivity index (χ1) is 16.2. The van der Waals surface area contributed by atoms with Gasteiger partial charge in [0.25, 0.3) is 0 Å². The van der Waals surface area contributed by atoms with Gasteiger partial charge in [0.05, 0.1) is 6.61 Å². The largest absolute Gasteiger partial charge is 0.449 e. The molecule has 0 radical (unpaired) electrons. The Labute approximate surface area is 201 Å². The average Bonchev–Trinajstić information content (AvgIpc) is 3.14. The van der Waals surface area contributed by atoms with Gasteiger partial charge in [-0.1, -0.05) is 48.5 Å². The van der Waals surface area contributed by atoms with Crippen LogP contribution in [0.4, 0.5) is 9.59 Å². The molecule has 1 heterocycles. The molecule has 2 aromatic rings. The van der Waals surface area contributed by atoms with Gasteiger partial charge in [-0.15, -0.1) is 0 Å². The first-order valence-corrected chi connectivity index (χ1v) is 11.9. The number of likely N-dealkylation sites (tertiary alicyclic amines) is 1. The van der Waals surface area contributed by atoms with E-state index in [2.05, 4.69) is 29.6 Å². The molecule has 34 heavy (non-hydrogen) atoms. The topological polar surface area (TPSA) is 88.1 Å². The molecule has 2 N–H and O–H groups in total. The van der Waals surface area contributed by atoms with Crippen LogP contribution in [-0.2, 0) is 9.47 Å². The maximum Gasteiger partial charge on any atom is 0.410 e. The van der Waals surface area contributed by atoms with Crippen LogP contribution < -0.4 is 5.32 Å². The minimum Gasteiger partial charge on any atom is -0.449 e. The third kappa shape index (κ3) is 5.20. The Morgan fingerprint density at radius 1 is 1.03 bits per heavy atom. The molecule has 0 bridgehead atoms. The normalized spacial score (nSPS) is 17.0. The molecule has 182 valence electrons. The molecule has 0 saturated carbocycles. The Morgan fingerprint density at radius 2 is 1.59 bits per heavy atom. The number of nitrogens with zero attached hydrogens (tertiary/aromatic N) is 1. The predicted molar refractivity (Wildman–Crippen MR) is 130 cm³/mol. The van der Waals surface area contributed by atoms with Gasteiger partial charge in [-0.25, -0.2) is 9.59 Å². The van der Waals surface area contributed by atoms with Crippen molar-refractivity contribution in [3.63, 3.8) is 0 Å². The van der Waals surface area contributed by atoms with Crippen LogP contribution in [0.1, 0.15) is 50.7 Å². The van der Waals surface area contributed by atoms with E-state index in [1.165, 1.54) is 11.1 Å². The number of hydrogen-bond donors (Lipinski definition) is 2. The lowest BCUT2D eigenvalue weighted by atomic mass is 9.79.